The summed E-state index contributed by atoms with van der Waals surface area (Å²) in [6, 6.07) is 5.91. The SMILES string of the molecule is COc1ccc(CC(=O)N2CCO[C@H]3CCC[C@H]32)cc1OC. The third-order valence-electron chi connectivity index (χ3n) is 4.61. The van der Waals surface area contributed by atoms with Crippen molar-refractivity contribution in [2.24, 2.45) is 0 Å². The largest absolute Gasteiger partial charge is 0.493 e. The van der Waals surface area contributed by atoms with Gasteiger partial charge >= 0.3 is 0 Å². The van der Waals surface area contributed by atoms with Crippen LogP contribution in [-0.2, 0) is 16.0 Å². The smallest absolute Gasteiger partial charge is 0.227 e. The fraction of sp³-hybridized carbons (Fsp3) is 0.588. The minimum absolute atomic E-state index is 0.174. The molecule has 0 bridgehead atoms. The highest BCUT2D eigenvalue weighted by atomic mass is 16.5. The maximum absolute atomic E-state index is 12.7. The minimum atomic E-state index is 0.174. The number of carbonyl (C=O) groups excluding carboxylic acids is 1. The molecule has 0 aromatic heterocycles. The van der Waals surface area contributed by atoms with Crippen molar-refractivity contribution in [3.8, 4) is 11.5 Å². The molecule has 1 saturated carbocycles. The number of fused-ring (bicyclic) bond motifs is 1. The van der Waals surface area contributed by atoms with E-state index in [2.05, 4.69) is 0 Å². The molecular weight excluding hydrogens is 282 g/mol. The summed E-state index contributed by atoms with van der Waals surface area (Å²) in [5.74, 6) is 1.52. The fourth-order valence-corrected chi connectivity index (χ4v) is 3.50. The van der Waals surface area contributed by atoms with Gasteiger partial charge in [0.05, 0.1) is 39.4 Å². The van der Waals surface area contributed by atoms with E-state index in [1.54, 1.807) is 14.2 Å². The summed E-state index contributed by atoms with van der Waals surface area (Å²) in [5, 5.41) is 0. The maximum Gasteiger partial charge on any atom is 0.227 e. The monoisotopic (exact) mass is 305 g/mol. The molecule has 1 aromatic carbocycles. The molecule has 1 amide bonds. The van der Waals surface area contributed by atoms with Crippen molar-refractivity contribution in [1.29, 1.82) is 0 Å². The van der Waals surface area contributed by atoms with Gasteiger partial charge in [-0.15, -0.1) is 0 Å². The zero-order valence-corrected chi connectivity index (χ0v) is 13.2. The van der Waals surface area contributed by atoms with Crippen LogP contribution in [0.25, 0.3) is 0 Å². The Morgan fingerprint density at radius 1 is 1.27 bits per heavy atom. The van der Waals surface area contributed by atoms with E-state index in [1.807, 2.05) is 23.1 Å². The molecule has 0 N–H and O–H groups in total. The van der Waals surface area contributed by atoms with Crippen molar-refractivity contribution in [2.45, 2.75) is 37.8 Å². The summed E-state index contributed by atoms with van der Waals surface area (Å²) in [5.41, 5.74) is 0.948. The van der Waals surface area contributed by atoms with Gasteiger partial charge in [0.1, 0.15) is 0 Å². The molecule has 0 spiro atoms. The molecule has 1 aliphatic heterocycles. The Morgan fingerprint density at radius 2 is 2.09 bits per heavy atom. The highest BCUT2D eigenvalue weighted by Gasteiger charge is 2.38. The molecule has 5 heteroatoms. The van der Waals surface area contributed by atoms with E-state index in [1.165, 1.54) is 0 Å². The Bertz CT molecular complexity index is 545. The molecule has 5 nitrogen and oxygen atoms in total. The molecule has 2 aliphatic rings. The van der Waals surface area contributed by atoms with E-state index in [4.69, 9.17) is 14.2 Å². The van der Waals surface area contributed by atoms with E-state index < -0.39 is 0 Å². The quantitative estimate of drug-likeness (QED) is 0.854. The van der Waals surface area contributed by atoms with Crippen molar-refractivity contribution in [3.05, 3.63) is 23.8 Å². The van der Waals surface area contributed by atoms with Crippen LogP contribution in [0.15, 0.2) is 18.2 Å². The van der Waals surface area contributed by atoms with Gasteiger partial charge in [0, 0.05) is 6.54 Å². The van der Waals surface area contributed by atoms with Crippen molar-refractivity contribution in [2.75, 3.05) is 27.4 Å². The van der Waals surface area contributed by atoms with E-state index in [-0.39, 0.29) is 18.1 Å². The second-order valence-corrected chi connectivity index (χ2v) is 5.86. The number of carbonyl (C=O) groups is 1. The van der Waals surface area contributed by atoms with Crippen LogP contribution >= 0.6 is 0 Å². The first-order valence-electron chi connectivity index (χ1n) is 7.85. The van der Waals surface area contributed by atoms with Crippen LogP contribution in [0.1, 0.15) is 24.8 Å². The summed E-state index contributed by atoms with van der Waals surface area (Å²) in [7, 11) is 3.21. The van der Waals surface area contributed by atoms with Crippen LogP contribution in [0.3, 0.4) is 0 Å². The predicted octanol–water partition coefficient (Wildman–Crippen LogP) is 2.03. The first-order chi connectivity index (χ1) is 10.7. The number of hydrogen-bond acceptors (Lipinski definition) is 4. The average Bonchev–Trinajstić information content (AvgIpc) is 3.03. The molecule has 1 aliphatic carbocycles. The van der Waals surface area contributed by atoms with Crippen LogP contribution in [0, 0.1) is 0 Å². The lowest BCUT2D eigenvalue weighted by Gasteiger charge is -2.37. The van der Waals surface area contributed by atoms with Crippen molar-refractivity contribution in [3.63, 3.8) is 0 Å². The number of hydrogen-bond donors (Lipinski definition) is 0. The molecule has 3 rings (SSSR count). The second kappa shape index (κ2) is 6.57. The van der Waals surface area contributed by atoms with Crippen LogP contribution in [-0.4, -0.2) is 50.3 Å². The average molecular weight is 305 g/mol. The number of benzene rings is 1. The summed E-state index contributed by atoms with van der Waals surface area (Å²) >= 11 is 0. The summed E-state index contributed by atoms with van der Waals surface area (Å²) in [6.07, 6.45) is 3.91. The zero-order chi connectivity index (χ0) is 15.5. The van der Waals surface area contributed by atoms with E-state index in [0.29, 0.717) is 31.1 Å². The second-order valence-electron chi connectivity index (χ2n) is 5.86. The van der Waals surface area contributed by atoms with E-state index in [9.17, 15) is 4.79 Å². The van der Waals surface area contributed by atoms with Gasteiger partial charge in [-0.3, -0.25) is 4.79 Å². The third kappa shape index (κ3) is 2.90. The van der Waals surface area contributed by atoms with Gasteiger partial charge < -0.3 is 19.1 Å². The van der Waals surface area contributed by atoms with Gasteiger partial charge in [0.15, 0.2) is 11.5 Å². The first kappa shape index (κ1) is 15.2. The molecule has 22 heavy (non-hydrogen) atoms. The minimum Gasteiger partial charge on any atom is -0.493 e. The topological polar surface area (TPSA) is 48.0 Å². The van der Waals surface area contributed by atoms with Crippen LogP contribution in [0.5, 0.6) is 11.5 Å². The number of rotatable bonds is 4. The molecule has 0 radical (unpaired) electrons. The fourth-order valence-electron chi connectivity index (χ4n) is 3.50. The van der Waals surface area contributed by atoms with Gasteiger partial charge in [-0.2, -0.15) is 0 Å². The van der Waals surface area contributed by atoms with Gasteiger partial charge in [-0.1, -0.05) is 6.07 Å². The molecule has 2 atom stereocenters. The number of morpholine rings is 1. The van der Waals surface area contributed by atoms with E-state index in [0.717, 1.165) is 24.8 Å². The summed E-state index contributed by atoms with van der Waals surface area (Å²) < 4.78 is 16.3. The zero-order valence-electron chi connectivity index (χ0n) is 13.2. The molecule has 1 aromatic rings. The van der Waals surface area contributed by atoms with E-state index >= 15 is 0 Å². The van der Waals surface area contributed by atoms with Gasteiger partial charge in [0.25, 0.3) is 0 Å². The Kier molecular flexibility index (Phi) is 4.52. The number of ether oxygens (including phenoxy) is 3. The van der Waals surface area contributed by atoms with Gasteiger partial charge in [-0.25, -0.2) is 0 Å². The Balaban J connectivity index is 1.71. The highest BCUT2D eigenvalue weighted by molar-refractivity contribution is 5.79. The highest BCUT2D eigenvalue weighted by Crippen LogP contribution is 2.31. The van der Waals surface area contributed by atoms with Gasteiger partial charge in [0.2, 0.25) is 5.91 Å². The normalized spacial score (nSPS) is 24.0. The van der Waals surface area contributed by atoms with Crippen LogP contribution < -0.4 is 9.47 Å². The van der Waals surface area contributed by atoms with Crippen molar-refractivity contribution >= 4 is 5.91 Å². The molecular formula is C17H23NO4. The summed E-state index contributed by atoms with van der Waals surface area (Å²) in [6.45, 7) is 1.35. The Hall–Kier alpha value is -1.75. The molecule has 1 saturated heterocycles. The standard InChI is InChI=1S/C17H23NO4/c1-20-15-7-6-12(10-16(15)21-2)11-17(19)18-8-9-22-14-5-3-4-13(14)18/h6-7,10,13-14H,3-5,8-9,11H2,1-2H3/t13-,14+/m1/s1. The number of methoxy groups -OCH3 is 2. The van der Waals surface area contributed by atoms with Crippen molar-refractivity contribution in [1.82, 2.24) is 4.90 Å². The third-order valence-corrected chi connectivity index (χ3v) is 4.61. The first-order valence-corrected chi connectivity index (χ1v) is 7.85. The lowest BCUT2D eigenvalue weighted by molar-refractivity contribution is -0.143. The van der Waals surface area contributed by atoms with Gasteiger partial charge in [-0.05, 0) is 37.0 Å². The summed E-state index contributed by atoms with van der Waals surface area (Å²) in [4.78, 5) is 14.7. The molecule has 120 valence electrons. The number of amides is 1. The molecule has 2 fully saturated rings. The van der Waals surface area contributed by atoms with Crippen LogP contribution in [0.2, 0.25) is 0 Å². The maximum atomic E-state index is 12.7. The number of nitrogens with zero attached hydrogens (tertiary/aromatic N) is 1. The Morgan fingerprint density at radius 3 is 2.86 bits per heavy atom. The molecule has 0 unspecified atom stereocenters. The lowest BCUT2D eigenvalue weighted by Crippen LogP contribution is -2.51. The Labute approximate surface area is 131 Å². The molecule has 1 heterocycles. The lowest BCUT2D eigenvalue weighted by atomic mass is 10.1. The predicted molar refractivity (Wildman–Crippen MR) is 82.3 cm³/mol. The van der Waals surface area contributed by atoms with Crippen molar-refractivity contribution < 1.29 is 19.0 Å². The van der Waals surface area contributed by atoms with Crippen LogP contribution in [0.4, 0.5) is 0 Å².